The maximum Gasteiger partial charge on any atom is 0.0957 e. The molecule has 0 spiro atoms. The molecule has 2 aromatic rings. The number of hydrogen-bond donors (Lipinski definition) is 1. The zero-order chi connectivity index (χ0) is 13.8. The van der Waals surface area contributed by atoms with E-state index in [1.54, 1.807) is 11.3 Å². The van der Waals surface area contributed by atoms with Gasteiger partial charge in [-0.1, -0.05) is 6.92 Å². The van der Waals surface area contributed by atoms with E-state index in [0.29, 0.717) is 6.42 Å². The molecule has 0 aromatic carbocycles. The Morgan fingerprint density at radius 1 is 1.47 bits per heavy atom. The standard InChI is InChI=1S/C14H17BrN2OS/c1-3-14(18)13-5-4-11(7-16-13)17(2)8-12-6-10(15)9-19-12/h4-7,9,14,18H,3,8H2,1-2H3/t14-/m0/s1. The fourth-order valence-electron chi connectivity index (χ4n) is 1.79. The van der Waals surface area contributed by atoms with Crippen LogP contribution in [0.5, 0.6) is 0 Å². The SMILES string of the molecule is CC[C@H](O)c1ccc(N(C)Cc2cc(Br)cs2)cn1. The summed E-state index contributed by atoms with van der Waals surface area (Å²) in [6, 6.07) is 6.03. The molecule has 3 nitrogen and oxygen atoms in total. The van der Waals surface area contributed by atoms with Gasteiger partial charge in [0, 0.05) is 21.8 Å². The van der Waals surface area contributed by atoms with Crippen molar-refractivity contribution in [3.63, 3.8) is 0 Å². The van der Waals surface area contributed by atoms with E-state index < -0.39 is 6.10 Å². The number of hydrogen-bond acceptors (Lipinski definition) is 4. The van der Waals surface area contributed by atoms with E-state index in [1.807, 2.05) is 32.3 Å². The van der Waals surface area contributed by atoms with Crippen LogP contribution in [0.3, 0.4) is 0 Å². The third-order valence-corrected chi connectivity index (χ3v) is 4.64. The van der Waals surface area contributed by atoms with E-state index in [4.69, 9.17) is 0 Å². The highest BCUT2D eigenvalue weighted by Gasteiger charge is 2.08. The molecule has 102 valence electrons. The molecule has 2 rings (SSSR count). The first-order valence-electron chi connectivity index (χ1n) is 6.18. The maximum absolute atomic E-state index is 9.72. The van der Waals surface area contributed by atoms with Crippen LogP contribution in [-0.4, -0.2) is 17.1 Å². The van der Waals surface area contributed by atoms with E-state index in [1.165, 1.54) is 4.88 Å². The van der Waals surface area contributed by atoms with Crippen LogP contribution in [-0.2, 0) is 6.54 Å². The largest absolute Gasteiger partial charge is 0.387 e. The number of anilines is 1. The van der Waals surface area contributed by atoms with E-state index in [0.717, 1.165) is 22.4 Å². The van der Waals surface area contributed by atoms with Crippen molar-refractivity contribution in [1.82, 2.24) is 4.98 Å². The molecule has 0 aliphatic rings. The van der Waals surface area contributed by atoms with Crippen LogP contribution in [0.1, 0.15) is 30.0 Å². The zero-order valence-electron chi connectivity index (χ0n) is 11.0. The Balaban J connectivity index is 2.05. The molecule has 2 aromatic heterocycles. The van der Waals surface area contributed by atoms with Crippen LogP contribution < -0.4 is 4.90 Å². The van der Waals surface area contributed by atoms with Crippen LogP contribution in [0.25, 0.3) is 0 Å². The second-order valence-corrected chi connectivity index (χ2v) is 6.36. The Kier molecular flexibility index (Phi) is 4.96. The van der Waals surface area contributed by atoms with Crippen molar-refractivity contribution < 1.29 is 5.11 Å². The second kappa shape index (κ2) is 6.50. The third kappa shape index (κ3) is 3.78. The summed E-state index contributed by atoms with van der Waals surface area (Å²) < 4.78 is 1.13. The molecule has 19 heavy (non-hydrogen) atoms. The van der Waals surface area contributed by atoms with Crippen molar-refractivity contribution in [2.24, 2.45) is 0 Å². The maximum atomic E-state index is 9.72. The monoisotopic (exact) mass is 340 g/mol. The molecule has 1 N–H and O–H groups in total. The minimum Gasteiger partial charge on any atom is -0.387 e. The number of aliphatic hydroxyl groups is 1. The number of nitrogens with zero attached hydrogens (tertiary/aromatic N) is 2. The summed E-state index contributed by atoms with van der Waals surface area (Å²) >= 11 is 5.20. The predicted molar refractivity (Wildman–Crippen MR) is 83.6 cm³/mol. The lowest BCUT2D eigenvalue weighted by molar-refractivity contribution is 0.169. The van der Waals surface area contributed by atoms with Crippen LogP contribution in [0.2, 0.25) is 0 Å². The molecule has 0 aliphatic carbocycles. The highest BCUT2D eigenvalue weighted by atomic mass is 79.9. The molecule has 1 atom stereocenters. The van der Waals surface area contributed by atoms with Gasteiger partial charge in [0.15, 0.2) is 0 Å². The minimum absolute atomic E-state index is 0.465. The van der Waals surface area contributed by atoms with E-state index in [2.05, 4.69) is 37.3 Å². The number of thiophene rings is 1. The summed E-state index contributed by atoms with van der Waals surface area (Å²) in [5.41, 5.74) is 1.79. The van der Waals surface area contributed by atoms with Crippen molar-refractivity contribution in [3.8, 4) is 0 Å². The zero-order valence-corrected chi connectivity index (χ0v) is 13.4. The summed E-state index contributed by atoms with van der Waals surface area (Å²) in [6.45, 7) is 2.80. The first kappa shape index (κ1) is 14.5. The van der Waals surface area contributed by atoms with Gasteiger partial charge in [-0.3, -0.25) is 4.98 Å². The average Bonchev–Trinajstić information content (AvgIpc) is 2.83. The number of halogens is 1. The van der Waals surface area contributed by atoms with Gasteiger partial charge in [0.05, 0.1) is 30.2 Å². The summed E-state index contributed by atoms with van der Waals surface area (Å²) in [4.78, 5) is 7.76. The van der Waals surface area contributed by atoms with Gasteiger partial charge < -0.3 is 10.0 Å². The van der Waals surface area contributed by atoms with E-state index >= 15 is 0 Å². The van der Waals surface area contributed by atoms with Crippen molar-refractivity contribution in [2.45, 2.75) is 26.0 Å². The molecule has 0 fully saturated rings. The molecule has 5 heteroatoms. The molecule has 0 saturated heterocycles. The Morgan fingerprint density at radius 3 is 2.79 bits per heavy atom. The fraction of sp³-hybridized carbons (Fsp3) is 0.357. The van der Waals surface area contributed by atoms with E-state index in [-0.39, 0.29) is 0 Å². The molecule has 0 radical (unpaired) electrons. The topological polar surface area (TPSA) is 36.4 Å². The van der Waals surface area contributed by atoms with Crippen LogP contribution >= 0.6 is 27.3 Å². The Labute approximate surface area is 126 Å². The number of rotatable bonds is 5. The smallest absolute Gasteiger partial charge is 0.0957 e. The van der Waals surface area contributed by atoms with Crippen molar-refractivity contribution in [3.05, 3.63) is 44.8 Å². The van der Waals surface area contributed by atoms with Gasteiger partial charge in [-0.2, -0.15) is 0 Å². The molecule has 0 saturated carbocycles. The van der Waals surface area contributed by atoms with Gasteiger partial charge in [-0.25, -0.2) is 0 Å². The Hall–Kier alpha value is -0.910. The van der Waals surface area contributed by atoms with Crippen molar-refractivity contribution in [1.29, 1.82) is 0 Å². The lowest BCUT2D eigenvalue weighted by Crippen LogP contribution is -2.16. The van der Waals surface area contributed by atoms with Gasteiger partial charge in [0.25, 0.3) is 0 Å². The number of pyridine rings is 1. The molecule has 2 heterocycles. The van der Waals surface area contributed by atoms with E-state index in [9.17, 15) is 5.11 Å². The van der Waals surface area contributed by atoms with Gasteiger partial charge in [0.1, 0.15) is 0 Å². The highest BCUT2D eigenvalue weighted by molar-refractivity contribution is 9.10. The fourth-order valence-corrected chi connectivity index (χ4v) is 3.29. The minimum atomic E-state index is -0.465. The van der Waals surface area contributed by atoms with Crippen molar-refractivity contribution in [2.75, 3.05) is 11.9 Å². The summed E-state index contributed by atoms with van der Waals surface area (Å²) in [6.07, 6.45) is 2.04. The number of aliphatic hydroxyl groups excluding tert-OH is 1. The second-order valence-electron chi connectivity index (χ2n) is 4.45. The van der Waals surface area contributed by atoms with Gasteiger partial charge in [0.2, 0.25) is 0 Å². The van der Waals surface area contributed by atoms with Gasteiger partial charge >= 0.3 is 0 Å². The van der Waals surface area contributed by atoms with Crippen LogP contribution in [0.15, 0.2) is 34.2 Å². The molecular weight excluding hydrogens is 324 g/mol. The normalized spacial score (nSPS) is 12.4. The van der Waals surface area contributed by atoms with Crippen LogP contribution in [0.4, 0.5) is 5.69 Å². The molecule has 0 unspecified atom stereocenters. The van der Waals surface area contributed by atoms with Gasteiger partial charge in [-0.05, 0) is 40.5 Å². The first-order valence-corrected chi connectivity index (χ1v) is 7.85. The summed E-state index contributed by atoms with van der Waals surface area (Å²) in [5, 5.41) is 11.8. The Bertz CT molecular complexity index is 526. The molecule has 0 aliphatic heterocycles. The predicted octanol–water partition coefficient (Wildman–Crippen LogP) is 3.99. The summed E-state index contributed by atoms with van der Waals surface area (Å²) in [7, 11) is 2.04. The Morgan fingerprint density at radius 2 is 2.26 bits per heavy atom. The molecular formula is C14H17BrN2OS. The molecule has 0 amide bonds. The van der Waals surface area contributed by atoms with Crippen molar-refractivity contribution >= 4 is 33.0 Å². The van der Waals surface area contributed by atoms with Crippen LogP contribution in [0, 0.1) is 0 Å². The lowest BCUT2D eigenvalue weighted by Gasteiger charge is -2.18. The highest BCUT2D eigenvalue weighted by Crippen LogP contribution is 2.23. The van der Waals surface area contributed by atoms with Gasteiger partial charge in [-0.15, -0.1) is 11.3 Å². The quantitative estimate of drug-likeness (QED) is 0.893. The number of aromatic nitrogens is 1. The first-order chi connectivity index (χ1) is 9.10. The lowest BCUT2D eigenvalue weighted by atomic mass is 10.2. The molecule has 0 bridgehead atoms. The average molecular weight is 341 g/mol. The third-order valence-electron chi connectivity index (χ3n) is 2.95. The summed E-state index contributed by atoms with van der Waals surface area (Å²) in [5.74, 6) is 0.